The minimum atomic E-state index is -0.681. The van der Waals surface area contributed by atoms with E-state index in [-0.39, 0.29) is 11.5 Å². The molecule has 2 amide bonds. The summed E-state index contributed by atoms with van der Waals surface area (Å²) < 4.78 is 13.9. The van der Waals surface area contributed by atoms with Crippen molar-refractivity contribution in [2.75, 3.05) is 18.0 Å². The third-order valence-corrected chi connectivity index (χ3v) is 4.72. The van der Waals surface area contributed by atoms with E-state index in [1.807, 2.05) is 13.0 Å². The Labute approximate surface area is 150 Å². The predicted molar refractivity (Wildman–Crippen MR) is 95.4 cm³/mol. The van der Waals surface area contributed by atoms with Crippen LogP contribution >= 0.6 is 11.6 Å². The molecule has 4 nitrogen and oxygen atoms in total. The Morgan fingerprint density at radius 1 is 1.20 bits per heavy atom. The molecule has 1 atom stereocenters. The van der Waals surface area contributed by atoms with Crippen molar-refractivity contribution in [2.45, 2.75) is 19.9 Å². The standard InChI is InChI=1S/C19H18ClFN2O2/c1-12-7-8-14(20)11-17(12)23-10-9-22(13(2)18(23)24)19(25)15-5-3-4-6-16(15)21/h3-8,11,13H,9-10H2,1-2H3/t13-/m0/s1. The minimum absolute atomic E-state index is 0.0189. The summed E-state index contributed by atoms with van der Waals surface area (Å²) in [6, 6.07) is 10.5. The molecule has 0 unspecified atom stereocenters. The summed E-state index contributed by atoms with van der Waals surface area (Å²) in [5, 5.41) is 0.547. The van der Waals surface area contributed by atoms with Gasteiger partial charge < -0.3 is 9.80 Å². The molecule has 1 aliphatic rings. The molecule has 0 spiro atoms. The van der Waals surface area contributed by atoms with Gasteiger partial charge in [-0.2, -0.15) is 0 Å². The third-order valence-electron chi connectivity index (χ3n) is 4.48. The molecule has 130 valence electrons. The summed E-state index contributed by atoms with van der Waals surface area (Å²) in [6.07, 6.45) is 0. The maximum Gasteiger partial charge on any atom is 0.257 e. The average Bonchev–Trinajstić information content (AvgIpc) is 2.59. The number of anilines is 1. The molecule has 0 aromatic heterocycles. The molecule has 0 aliphatic carbocycles. The van der Waals surface area contributed by atoms with Crippen LogP contribution in [-0.2, 0) is 4.79 Å². The van der Waals surface area contributed by atoms with Gasteiger partial charge in [0.15, 0.2) is 0 Å². The zero-order valence-corrected chi connectivity index (χ0v) is 14.8. The fourth-order valence-electron chi connectivity index (χ4n) is 3.05. The van der Waals surface area contributed by atoms with Gasteiger partial charge in [0.1, 0.15) is 11.9 Å². The number of hydrogen-bond donors (Lipinski definition) is 0. The predicted octanol–water partition coefficient (Wildman–Crippen LogP) is 3.67. The minimum Gasteiger partial charge on any atom is -0.325 e. The van der Waals surface area contributed by atoms with Crippen LogP contribution in [0.5, 0.6) is 0 Å². The number of hydrogen-bond acceptors (Lipinski definition) is 2. The summed E-state index contributed by atoms with van der Waals surface area (Å²) in [6.45, 7) is 4.23. The van der Waals surface area contributed by atoms with Gasteiger partial charge in [0.2, 0.25) is 5.91 Å². The molecule has 1 heterocycles. The largest absolute Gasteiger partial charge is 0.325 e. The van der Waals surface area contributed by atoms with E-state index in [0.29, 0.717) is 18.1 Å². The lowest BCUT2D eigenvalue weighted by atomic mass is 10.1. The van der Waals surface area contributed by atoms with E-state index in [9.17, 15) is 14.0 Å². The molecule has 0 N–H and O–H groups in total. The molecular weight excluding hydrogens is 343 g/mol. The first kappa shape index (κ1) is 17.4. The summed E-state index contributed by atoms with van der Waals surface area (Å²) in [7, 11) is 0. The highest BCUT2D eigenvalue weighted by Crippen LogP contribution is 2.28. The summed E-state index contributed by atoms with van der Waals surface area (Å²) >= 11 is 6.05. The number of rotatable bonds is 2. The Kier molecular flexibility index (Phi) is 4.77. The molecular formula is C19H18ClFN2O2. The zero-order chi connectivity index (χ0) is 18.1. The van der Waals surface area contributed by atoms with Gasteiger partial charge in [0, 0.05) is 23.8 Å². The van der Waals surface area contributed by atoms with Crippen molar-refractivity contribution in [1.29, 1.82) is 0 Å². The van der Waals surface area contributed by atoms with Crippen LogP contribution in [0.3, 0.4) is 0 Å². The normalized spacial score (nSPS) is 17.8. The fraction of sp³-hybridized carbons (Fsp3) is 0.263. The highest BCUT2D eigenvalue weighted by atomic mass is 35.5. The number of benzene rings is 2. The van der Waals surface area contributed by atoms with Gasteiger partial charge in [-0.1, -0.05) is 29.8 Å². The van der Waals surface area contributed by atoms with Crippen LogP contribution in [0, 0.1) is 12.7 Å². The molecule has 1 saturated heterocycles. The quantitative estimate of drug-likeness (QED) is 0.820. The topological polar surface area (TPSA) is 40.6 Å². The third kappa shape index (κ3) is 3.24. The van der Waals surface area contributed by atoms with Crippen molar-refractivity contribution in [2.24, 2.45) is 0 Å². The van der Waals surface area contributed by atoms with E-state index in [4.69, 9.17) is 11.6 Å². The van der Waals surface area contributed by atoms with Crippen molar-refractivity contribution < 1.29 is 14.0 Å². The lowest BCUT2D eigenvalue weighted by Crippen LogP contribution is -2.58. The van der Waals surface area contributed by atoms with E-state index >= 15 is 0 Å². The Bertz CT molecular complexity index is 840. The summed E-state index contributed by atoms with van der Waals surface area (Å²) in [5.74, 6) is -1.26. The van der Waals surface area contributed by atoms with Gasteiger partial charge in [-0.05, 0) is 43.7 Å². The van der Waals surface area contributed by atoms with Crippen LogP contribution in [0.4, 0.5) is 10.1 Å². The van der Waals surface area contributed by atoms with Crippen LogP contribution in [0.15, 0.2) is 42.5 Å². The number of halogens is 2. The van der Waals surface area contributed by atoms with Crippen LogP contribution in [0.1, 0.15) is 22.8 Å². The molecule has 1 aliphatic heterocycles. The Hall–Kier alpha value is -2.40. The number of carbonyl (C=O) groups is 2. The van der Waals surface area contributed by atoms with E-state index in [2.05, 4.69) is 0 Å². The molecule has 0 radical (unpaired) electrons. The molecule has 2 aromatic rings. The number of piperazine rings is 1. The van der Waals surface area contributed by atoms with Crippen LogP contribution < -0.4 is 4.90 Å². The van der Waals surface area contributed by atoms with E-state index in [1.165, 1.54) is 23.1 Å². The highest BCUT2D eigenvalue weighted by molar-refractivity contribution is 6.31. The first-order chi connectivity index (χ1) is 11.9. The Morgan fingerprint density at radius 2 is 1.92 bits per heavy atom. The van der Waals surface area contributed by atoms with Crippen molar-refractivity contribution in [1.82, 2.24) is 4.90 Å². The van der Waals surface area contributed by atoms with Crippen molar-refractivity contribution in [3.63, 3.8) is 0 Å². The van der Waals surface area contributed by atoms with Crippen molar-refractivity contribution in [3.8, 4) is 0 Å². The molecule has 0 bridgehead atoms. The van der Waals surface area contributed by atoms with E-state index < -0.39 is 17.8 Å². The number of nitrogens with zero attached hydrogens (tertiary/aromatic N) is 2. The maximum atomic E-state index is 13.9. The maximum absolute atomic E-state index is 13.9. The van der Waals surface area contributed by atoms with E-state index in [1.54, 1.807) is 30.0 Å². The second kappa shape index (κ2) is 6.84. The Morgan fingerprint density at radius 3 is 2.64 bits per heavy atom. The summed E-state index contributed by atoms with van der Waals surface area (Å²) in [5.41, 5.74) is 1.65. The molecule has 25 heavy (non-hydrogen) atoms. The monoisotopic (exact) mass is 360 g/mol. The Balaban J connectivity index is 1.86. The fourth-order valence-corrected chi connectivity index (χ4v) is 3.22. The highest BCUT2D eigenvalue weighted by Gasteiger charge is 2.36. The lowest BCUT2D eigenvalue weighted by molar-refractivity contribution is -0.124. The second-order valence-corrected chi connectivity index (χ2v) is 6.51. The first-order valence-electron chi connectivity index (χ1n) is 8.03. The number of amides is 2. The lowest BCUT2D eigenvalue weighted by Gasteiger charge is -2.39. The average molecular weight is 361 g/mol. The zero-order valence-electron chi connectivity index (χ0n) is 14.0. The van der Waals surface area contributed by atoms with Gasteiger partial charge >= 0.3 is 0 Å². The number of carbonyl (C=O) groups excluding carboxylic acids is 2. The smallest absolute Gasteiger partial charge is 0.257 e. The molecule has 2 aromatic carbocycles. The van der Waals surface area contributed by atoms with Crippen LogP contribution in [-0.4, -0.2) is 35.8 Å². The van der Waals surface area contributed by atoms with E-state index in [0.717, 1.165) is 11.3 Å². The van der Waals surface area contributed by atoms with Gasteiger partial charge in [-0.3, -0.25) is 9.59 Å². The van der Waals surface area contributed by atoms with Gasteiger partial charge in [-0.15, -0.1) is 0 Å². The molecule has 6 heteroatoms. The van der Waals surface area contributed by atoms with Gasteiger partial charge in [0.25, 0.3) is 5.91 Å². The molecule has 1 fully saturated rings. The number of aryl methyl sites for hydroxylation is 1. The van der Waals surface area contributed by atoms with Crippen LogP contribution in [0.2, 0.25) is 5.02 Å². The second-order valence-electron chi connectivity index (χ2n) is 6.08. The SMILES string of the molecule is Cc1ccc(Cl)cc1N1CCN(C(=O)c2ccccc2F)[C@@H](C)C1=O. The van der Waals surface area contributed by atoms with Gasteiger partial charge in [0.05, 0.1) is 5.56 Å². The first-order valence-corrected chi connectivity index (χ1v) is 8.41. The van der Waals surface area contributed by atoms with Crippen molar-refractivity contribution >= 4 is 29.1 Å². The van der Waals surface area contributed by atoms with Gasteiger partial charge in [-0.25, -0.2) is 4.39 Å². The van der Waals surface area contributed by atoms with Crippen LogP contribution in [0.25, 0.3) is 0 Å². The summed E-state index contributed by atoms with van der Waals surface area (Å²) in [4.78, 5) is 28.5. The molecule has 3 rings (SSSR count). The van der Waals surface area contributed by atoms with Crippen molar-refractivity contribution in [3.05, 3.63) is 64.4 Å². The molecule has 0 saturated carbocycles.